The van der Waals surface area contributed by atoms with Crippen LogP contribution in [0.2, 0.25) is 0 Å². The van der Waals surface area contributed by atoms with Crippen molar-refractivity contribution in [3.63, 3.8) is 0 Å². The molecule has 0 bridgehead atoms. The van der Waals surface area contributed by atoms with E-state index in [1.165, 1.54) is 12.1 Å². The van der Waals surface area contributed by atoms with Crippen LogP contribution in [-0.4, -0.2) is 9.78 Å². The number of anilines is 1. The Morgan fingerprint density at radius 2 is 1.84 bits per heavy atom. The molecule has 1 heterocycles. The minimum absolute atomic E-state index is 0.0227. The van der Waals surface area contributed by atoms with E-state index >= 15 is 0 Å². The highest BCUT2D eigenvalue weighted by Gasteiger charge is 2.29. The minimum Gasteiger partial charge on any atom is -0.378 e. The number of benzene rings is 1. The number of hydrogen-bond acceptors (Lipinski definition) is 2. The second-order valence-electron chi connectivity index (χ2n) is 4.39. The van der Waals surface area contributed by atoms with Crippen LogP contribution in [0.25, 0.3) is 0 Å². The Balaban J connectivity index is 2.07. The third-order valence-electron chi connectivity index (χ3n) is 2.82. The lowest BCUT2D eigenvalue weighted by atomic mass is 10.1. The Morgan fingerprint density at radius 1 is 1.21 bits per heavy atom. The normalized spacial score (nSPS) is 13.3. The fourth-order valence-corrected chi connectivity index (χ4v) is 1.75. The summed E-state index contributed by atoms with van der Waals surface area (Å²) in [6, 6.07) is 4.97. The van der Waals surface area contributed by atoms with Crippen molar-refractivity contribution in [1.29, 1.82) is 0 Å². The maximum Gasteiger partial charge on any atom is 0.416 e. The van der Waals surface area contributed by atoms with Gasteiger partial charge in [0.2, 0.25) is 0 Å². The van der Waals surface area contributed by atoms with E-state index in [0.29, 0.717) is 5.69 Å². The molecule has 3 nitrogen and oxygen atoms in total. The molecule has 1 unspecified atom stereocenters. The predicted molar refractivity (Wildman–Crippen MR) is 66.7 cm³/mol. The lowest BCUT2D eigenvalue weighted by Crippen LogP contribution is -2.07. The summed E-state index contributed by atoms with van der Waals surface area (Å²) in [5.74, 6) is 0. The Hall–Kier alpha value is -1.98. The van der Waals surface area contributed by atoms with E-state index in [9.17, 15) is 13.2 Å². The van der Waals surface area contributed by atoms with Crippen LogP contribution >= 0.6 is 0 Å². The lowest BCUT2D eigenvalue weighted by molar-refractivity contribution is -0.137. The molecular weight excluding hydrogens is 255 g/mol. The van der Waals surface area contributed by atoms with Crippen molar-refractivity contribution >= 4 is 5.69 Å². The standard InChI is InChI=1S/C13H14F3N3/c1-9(10-7-17-19(2)8-10)18-12-5-3-11(4-6-12)13(14,15)16/h3-9,18H,1-2H3. The average molecular weight is 269 g/mol. The number of aromatic nitrogens is 2. The molecule has 0 fully saturated rings. The molecule has 0 saturated heterocycles. The highest BCUT2D eigenvalue weighted by Crippen LogP contribution is 2.30. The third-order valence-corrected chi connectivity index (χ3v) is 2.82. The summed E-state index contributed by atoms with van der Waals surface area (Å²) in [5, 5.41) is 7.18. The van der Waals surface area contributed by atoms with Crippen molar-refractivity contribution in [1.82, 2.24) is 9.78 Å². The molecule has 0 radical (unpaired) electrons. The van der Waals surface area contributed by atoms with Crippen LogP contribution in [0.3, 0.4) is 0 Å². The van der Waals surface area contributed by atoms with Crippen LogP contribution < -0.4 is 5.32 Å². The van der Waals surface area contributed by atoms with E-state index in [4.69, 9.17) is 0 Å². The highest BCUT2D eigenvalue weighted by atomic mass is 19.4. The summed E-state index contributed by atoms with van der Waals surface area (Å²) < 4.78 is 38.9. The van der Waals surface area contributed by atoms with Gasteiger partial charge in [0.1, 0.15) is 0 Å². The second-order valence-corrected chi connectivity index (χ2v) is 4.39. The highest BCUT2D eigenvalue weighted by molar-refractivity contribution is 5.46. The first-order valence-corrected chi connectivity index (χ1v) is 5.78. The van der Waals surface area contributed by atoms with Gasteiger partial charge in [0.15, 0.2) is 0 Å². The monoisotopic (exact) mass is 269 g/mol. The van der Waals surface area contributed by atoms with Gasteiger partial charge in [-0.3, -0.25) is 4.68 Å². The van der Waals surface area contributed by atoms with Gasteiger partial charge in [-0.15, -0.1) is 0 Å². The molecular formula is C13H14F3N3. The van der Waals surface area contributed by atoms with Gasteiger partial charge < -0.3 is 5.32 Å². The van der Waals surface area contributed by atoms with Gasteiger partial charge >= 0.3 is 6.18 Å². The van der Waals surface area contributed by atoms with Gasteiger partial charge in [-0.1, -0.05) is 0 Å². The first-order chi connectivity index (χ1) is 8.86. The summed E-state index contributed by atoms with van der Waals surface area (Å²) in [5.41, 5.74) is 0.971. The molecule has 1 N–H and O–H groups in total. The Kier molecular flexibility index (Phi) is 3.50. The van der Waals surface area contributed by atoms with E-state index in [-0.39, 0.29) is 6.04 Å². The molecule has 1 aromatic carbocycles. The molecule has 6 heteroatoms. The number of aryl methyl sites for hydroxylation is 1. The zero-order chi connectivity index (χ0) is 14.0. The summed E-state index contributed by atoms with van der Waals surface area (Å²) in [6.07, 6.45) is -0.711. The number of nitrogens with one attached hydrogen (secondary N) is 1. The molecule has 0 aliphatic heterocycles. The van der Waals surface area contributed by atoms with Crippen LogP contribution in [0, 0.1) is 0 Å². The van der Waals surface area contributed by atoms with Gasteiger partial charge in [-0.2, -0.15) is 18.3 Å². The van der Waals surface area contributed by atoms with Crippen LogP contribution in [0.1, 0.15) is 24.1 Å². The maximum atomic E-state index is 12.4. The smallest absolute Gasteiger partial charge is 0.378 e. The zero-order valence-electron chi connectivity index (χ0n) is 10.6. The average Bonchev–Trinajstić information content (AvgIpc) is 2.75. The topological polar surface area (TPSA) is 29.9 Å². The molecule has 0 aliphatic rings. The van der Waals surface area contributed by atoms with E-state index in [1.807, 2.05) is 20.2 Å². The molecule has 0 saturated carbocycles. The zero-order valence-corrected chi connectivity index (χ0v) is 10.6. The van der Waals surface area contributed by atoms with Gasteiger partial charge in [-0.05, 0) is 31.2 Å². The van der Waals surface area contributed by atoms with Gasteiger partial charge in [0, 0.05) is 24.5 Å². The van der Waals surface area contributed by atoms with Crippen molar-refractivity contribution in [3.8, 4) is 0 Å². The number of nitrogens with zero attached hydrogens (tertiary/aromatic N) is 2. The largest absolute Gasteiger partial charge is 0.416 e. The fraction of sp³-hybridized carbons (Fsp3) is 0.308. The molecule has 1 atom stereocenters. The fourth-order valence-electron chi connectivity index (χ4n) is 1.75. The van der Waals surface area contributed by atoms with Crippen molar-refractivity contribution in [2.24, 2.45) is 7.05 Å². The third kappa shape index (κ3) is 3.27. The predicted octanol–water partition coefficient (Wildman–Crippen LogP) is 3.61. The van der Waals surface area contributed by atoms with E-state index < -0.39 is 11.7 Å². The summed E-state index contributed by atoms with van der Waals surface area (Å²) in [6.45, 7) is 1.93. The quantitative estimate of drug-likeness (QED) is 0.922. The Morgan fingerprint density at radius 3 is 2.32 bits per heavy atom. The van der Waals surface area contributed by atoms with E-state index in [2.05, 4.69) is 10.4 Å². The van der Waals surface area contributed by atoms with E-state index in [1.54, 1.807) is 10.9 Å². The first-order valence-electron chi connectivity index (χ1n) is 5.78. The van der Waals surface area contributed by atoms with Crippen molar-refractivity contribution in [2.45, 2.75) is 19.1 Å². The van der Waals surface area contributed by atoms with Crippen LogP contribution in [-0.2, 0) is 13.2 Å². The Bertz CT molecular complexity index is 543. The molecule has 2 rings (SSSR count). The Labute approximate surface area is 109 Å². The van der Waals surface area contributed by atoms with Crippen molar-refractivity contribution in [3.05, 3.63) is 47.8 Å². The second kappa shape index (κ2) is 4.95. The van der Waals surface area contributed by atoms with Crippen LogP contribution in [0.4, 0.5) is 18.9 Å². The molecule has 0 amide bonds. The molecule has 0 aliphatic carbocycles. The summed E-state index contributed by atoms with van der Waals surface area (Å²) >= 11 is 0. The first kappa shape index (κ1) is 13.5. The van der Waals surface area contributed by atoms with Gasteiger partial charge in [-0.25, -0.2) is 0 Å². The van der Waals surface area contributed by atoms with E-state index in [0.717, 1.165) is 17.7 Å². The van der Waals surface area contributed by atoms with Crippen LogP contribution in [0.15, 0.2) is 36.7 Å². The SMILES string of the molecule is CC(Nc1ccc(C(F)(F)F)cc1)c1cnn(C)c1. The van der Waals surface area contributed by atoms with Crippen molar-refractivity contribution in [2.75, 3.05) is 5.32 Å². The van der Waals surface area contributed by atoms with Gasteiger partial charge in [0.05, 0.1) is 17.8 Å². The lowest BCUT2D eigenvalue weighted by Gasteiger charge is -2.14. The van der Waals surface area contributed by atoms with Crippen LogP contribution in [0.5, 0.6) is 0 Å². The number of rotatable bonds is 3. The molecule has 2 aromatic rings. The molecule has 19 heavy (non-hydrogen) atoms. The molecule has 1 aromatic heterocycles. The van der Waals surface area contributed by atoms with Gasteiger partial charge in [0.25, 0.3) is 0 Å². The maximum absolute atomic E-state index is 12.4. The number of halogens is 3. The molecule has 0 spiro atoms. The number of hydrogen-bond donors (Lipinski definition) is 1. The minimum atomic E-state index is -4.30. The van der Waals surface area contributed by atoms with Crippen molar-refractivity contribution < 1.29 is 13.2 Å². The molecule has 102 valence electrons. The summed E-state index contributed by atoms with van der Waals surface area (Å²) in [4.78, 5) is 0. The summed E-state index contributed by atoms with van der Waals surface area (Å²) in [7, 11) is 1.81. The number of alkyl halides is 3.